The summed E-state index contributed by atoms with van der Waals surface area (Å²) in [6.07, 6.45) is 1.21. The van der Waals surface area contributed by atoms with Crippen molar-refractivity contribution in [2.75, 3.05) is 5.32 Å². The zero-order valence-corrected chi connectivity index (χ0v) is 12.4. The average Bonchev–Trinajstić information content (AvgIpc) is 2.75. The van der Waals surface area contributed by atoms with E-state index in [1.807, 2.05) is 0 Å². The van der Waals surface area contributed by atoms with Gasteiger partial charge in [-0.25, -0.2) is 0 Å². The third-order valence-electron chi connectivity index (χ3n) is 2.63. The van der Waals surface area contributed by atoms with Crippen molar-refractivity contribution in [2.24, 2.45) is 0 Å². The normalized spacial score (nSPS) is 10.4. The van der Waals surface area contributed by atoms with Gasteiger partial charge in [0, 0.05) is 5.69 Å². The predicted octanol–water partition coefficient (Wildman–Crippen LogP) is 3.05. The molecule has 21 heavy (non-hydrogen) atoms. The second-order valence-corrected chi connectivity index (χ2v) is 5.05. The molecule has 110 valence electrons. The Morgan fingerprint density at radius 1 is 1.43 bits per heavy atom. The summed E-state index contributed by atoms with van der Waals surface area (Å²) in [7, 11) is 0. The maximum absolute atomic E-state index is 11.9. The molecular formula is C12H10Cl2N4O3. The number of hydrogen-bond acceptors (Lipinski definition) is 4. The molecule has 0 aliphatic heterocycles. The monoisotopic (exact) mass is 328 g/mol. The molecule has 0 saturated heterocycles. The van der Waals surface area contributed by atoms with Gasteiger partial charge >= 0.3 is 5.69 Å². The van der Waals surface area contributed by atoms with Crippen LogP contribution in [-0.2, 0) is 11.3 Å². The van der Waals surface area contributed by atoms with E-state index in [9.17, 15) is 14.9 Å². The molecule has 0 bridgehead atoms. The van der Waals surface area contributed by atoms with Crippen molar-refractivity contribution < 1.29 is 9.72 Å². The Hall–Kier alpha value is -2.12. The topological polar surface area (TPSA) is 90.1 Å². The summed E-state index contributed by atoms with van der Waals surface area (Å²) < 4.78 is 1.21. The number of halogens is 2. The lowest BCUT2D eigenvalue weighted by Crippen LogP contribution is -2.19. The van der Waals surface area contributed by atoms with Crippen LogP contribution in [0.5, 0.6) is 0 Å². The van der Waals surface area contributed by atoms with E-state index in [1.165, 1.54) is 23.9 Å². The van der Waals surface area contributed by atoms with E-state index in [0.29, 0.717) is 15.7 Å². The van der Waals surface area contributed by atoms with Crippen LogP contribution in [0.25, 0.3) is 0 Å². The minimum absolute atomic E-state index is 0.127. The van der Waals surface area contributed by atoms with Crippen molar-refractivity contribution in [2.45, 2.75) is 13.5 Å². The molecule has 2 aromatic rings. The van der Waals surface area contributed by atoms with Gasteiger partial charge in [0.1, 0.15) is 18.4 Å². The Bertz CT molecular complexity index is 715. The molecule has 0 radical (unpaired) electrons. The Balaban J connectivity index is 2.06. The van der Waals surface area contributed by atoms with E-state index < -0.39 is 4.92 Å². The molecular weight excluding hydrogens is 319 g/mol. The first-order valence-electron chi connectivity index (χ1n) is 5.80. The van der Waals surface area contributed by atoms with Gasteiger partial charge in [-0.2, -0.15) is 5.10 Å². The molecule has 1 N–H and O–H groups in total. The summed E-state index contributed by atoms with van der Waals surface area (Å²) in [5.41, 5.74) is 0.604. The second kappa shape index (κ2) is 6.11. The summed E-state index contributed by atoms with van der Waals surface area (Å²) in [6, 6.07) is 4.67. The van der Waals surface area contributed by atoms with Crippen molar-refractivity contribution in [3.63, 3.8) is 0 Å². The molecule has 1 amide bonds. The molecule has 0 atom stereocenters. The summed E-state index contributed by atoms with van der Waals surface area (Å²) in [4.78, 5) is 22.0. The summed E-state index contributed by atoms with van der Waals surface area (Å²) in [5.74, 6) is -0.384. The quantitative estimate of drug-likeness (QED) is 0.689. The first kappa shape index (κ1) is 15.3. The number of amides is 1. The van der Waals surface area contributed by atoms with Crippen LogP contribution >= 0.6 is 23.2 Å². The molecule has 0 aliphatic carbocycles. The summed E-state index contributed by atoms with van der Waals surface area (Å²) in [5, 5.41) is 17.9. The lowest BCUT2D eigenvalue weighted by atomic mass is 10.3. The third kappa shape index (κ3) is 3.71. The first-order valence-corrected chi connectivity index (χ1v) is 6.56. The van der Waals surface area contributed by atoms with Crippen molar-refractivity contribution in [1.29, 1.82) is 0 Å². The first-order chi connectivity index (χ1) is 9.86. The van der Waals surface area contributed by atoms with Crippen LogP contribution in [0.1, 0.15) is 5.69 Å². The van der Waals surface area contributed by atoms with E-state index in [1.54, 1.807) is 12.1 Å². The number of carbonyl (C=O) groups is 1. The number of nitro groups is 1. The van der Waals surface area contributed by atoms with Crippen LogP contribution in [0.3, 0.4) is 0 Å². The predicted molar refractivity (Wildman–Crippen MR) is 78.7 cm³/mol. The zero-order chi connectivity index (χ0) is 15.6. The SMILES string of the molecule is Cc1nn(CC(=O)Nc2ccc(Cl)c(Cl)c2)cc1[N+](=O)[O-]. The van der Waals surface area contributed by atoms with Gasteiger partial charge in [-0.05, 0) is 25.1 Å². The molecule has 1 heterocycles. The molecule has 2 rings (SSSR count). The number of anilines is 1. The van der Waals surface area contributed by atoms with E-state index >= 15 is 0 Å². The highest BCUT2D eigenvalue weighted by Crippen LogP contribution is 2.25. The lowest BCUT2D eigenvalue weighted by Gasteiger charge is -2.06. The molecule has 0 unspecified atom stereocenters. The van der Waals surface area contributed by atoms with E-state index in [4.69, 9.17) is 23.2 Å². The van der Waals surface area contributed by atoms with Crippen molar-refractivity contribution >= 4 is 40.5 Å². The van der Waals surface area contributed by atoms with Gasteiger partial charge < -0.3 is 5.32 Å². The molecule has 7 nitrogen and oxygen atoms in total. The van der Waals surface area contributed by atoms with Gasteiger partial charge in [-0.3, -0.25) is 19.6 Å². The highest BCUT2D eigenvalue weighted by Gasteiger charge is 2.16. The number of aromatic nitrogens is 2. The molecule has 1 aromatic carbocycles. The van der Waals surface area contributed by atoms with Gasteiger partial charge in [-0.15, -0.1) is 0 Å². The van der Waals surface area contributed by atoms with Crippen LogP contribution in [0.4, 0.5) is 11.4 Å². The number of rotatable bonds is 4. The molecule has 1 aromatic heterocycles. The highest BCUT2D eigenvalue weighted by molar-refractivity contribution is 6.42. The lowest BCUT2D eigenvalue weighted by molar-refractivity contribution is -0.385. The van der Waals surface area contributed by atoms with E-state index in [2.05, 4.69) is 10.4 Å². The molecule has 0 saturated carbocycles. The third-order valence-corrected chi connectivity index (χ3v) is 3.37. The Labute approximate surface area is 129 Å². The Morgan fingerprint density at radius 3 is 2.71 bits per heavy atom. The summed E-state index contributed by atoms with van der Waals surface area (Å²) >= 11 is 11.6. The standard InChI is InChI=1S/C12H10Cl2N4O3/c1-7-11(18(20)21)5-17(16-7)6-12(19)15-8-2-3-9(13)10(14)4-8/h2-5H,6H2,1H3,(H,15,19). The van der Waals surface area contributed by atoms with Crippen molar-refractivity contribution in [1.82, 2.24) is 9.78 Å². The number of benzene rings is 1. The van der Waals surface area contributed by atoms with Gasteiger partial charge in [0.15, 0.2) is 0 Å². The number of nitrogens with zero attached hydrogens (tertiary/aromatic N) is 3. The fourth-order valence-electron chi connectivity index (χ4n) is 1.69. The van der Waals surface area contributed by atoms with Crippen LogP contribution in [-0.4, -0.2) is 20.6 Å². The van der Waals surface area contributed by atoms with Gasteiger partial charge in [-0.1, -0.05) is 23.2 Å². The van der Waals surface area contributed by atoms with E-state index in [-0.39, 0.29) is 23.8 Å². The maximum atomic E-state index is 11.9. The van der Waals surface area contributed by atoms with Crippen molar-refractivity contribution in [3.05, 3.63) is 50.2 Å². The minimum Gasteiger partial charge on any atom is -0.324 e. The van der Waals surface area contributed by atoms with E-state index in [0.717, 1.165) is 0 Å². The van der Waals surface area contributed by atoms with Crippen LogP contribution in [0.15, 0.2) is 24.4 Å². The number of aryl methyl sites for hydroxylation is 1. The molecule has 0 fully saturated rings. The van der Waals surface area contributed by atoms with Crippen molar-refractivity contribution in [3.8, 4) is 0 Å². The van der Waals surface area contributed by atoms with Crippen LogP contribution in [0, 0.1) is 17.0 Å². The number of carbonyl (C=O) groups excluding carboxylic acids is 1. The van der Waals surface area contributed by atoms with Crippen LogP contribution < -0.4 is 5.32 Å². The smallest absolute Gasteiger partial charge is 0.309 e. The highest BCUT2D eigenvalue weighted by atomic mass is 35.5. The maximum Gasteiger partial charge on any atom is 0.309 e. The number of nitrogens with one attached hydrogen (secondary N) is 1. The molecule has 9 heteroatoms. The van der Waals surface area contributed by atoms with Gasteiger partial charge in [0.05, 0.1) is 15.0 Å². The van der Waals surface area contributed by atoms with Gasteiger partial charge in [0.25, 0.3) is 0 Å². The fourth-order valence-corrected chi connectivity index (χ4v) is 1.99. The van der Waals surface area contributed by atoms with Crippen LogP contribution in [0.2, 0.25) is 10.0 Å². The Morgan fingerprint density at radius 2 is 2.14 bits per heavy atom. The molecule has 0 aliphatic rings. The second-order valence-electron chi connectivity index (χ2n) is 4.23. The minimum atomic E-state index is -0.546. The fraction of sp³-hybridized carbons (Fsp3) is 0.167. The van der Waals surface area contributed by atoms with Gasteiger partial charge in [0.2, 0.25) is 5.91 Å². The molecule has 0 spiro atoms. The number of hydrogen-bond donors (Lipinski definition) is 1. The Kier molecular flexibility index (Phi) is 4.44. The average molecular weight is 329 g/mol. The summed E-state index contributed by atoms with van der Waals surface area (Å²) in [6.45, 7) is 1.36. The zero-order valence-electron chi connectivity index (χ0n) is 10.8. The largest absolute Gasteiger partial charge is 0.324 e.